The number of benzene rings is 1. The highest BCUT2D eigenvalue weighted by molar-refractivity contribution is 7.89. The van der Waals surface area contributed by atoms with Crippen molar-refractivity contribution >= 4 is 15.7 Å². The van der Waals surface area contributed by atoms with Gasteiger partial charge in [-0.3, -0.25) is 5.84 Å². The van der Waals surface area contributed by atoms with Crippen molar-refractivity contribution in [2.24, 2.45) is 11.8 Å². The van der Waals surface area contributed by atoms with Crippen LogP contribution in [0.3, 0.4) is 0 Å². The molecular weight excluding hydrogens is 274 g/mol. The quantitative estimate of drug-likeness (QED) is 0.658. The maximum absolute atomic E-state index is 12.8. The van der Waals surface area contributed by atoms with Crippen molar-refractivity contribution in [3.63, 3.8) is 0 Å². The van der Waals surface area contributed by atoms with Crippen LogP contribution < -0.4 is 11.3 Å². The van der Waals surface area contributed by atoms with E-state index in [1.807, 2.05) is 13.8 Å². The summed E-state index contributed by atoms with van der Waals surface area (Å²) >= 11 is 0. The summed E-state index contributed by atoms with van der Waals surface area (Å²) in [5.41, 5.74) is 4.76. The molecule has 1 aromatic rings. The molecule has 1 fully saturated rings. The molecule has 1 atom stereocenters. The monoisotopic (exact) mass is 297 g/mol. The van der Waals surface area contributed by atoms with Crippen molar-refractivity contribution in [1.82, 2.24) is 4.31 Å². The third kappa shape index (κ3) is 2.68. The second-order valence-corrected chi connectivity index (χ2v) is 7.38. The maximum Gasteiger partial charge on any atom is 0.243 e. The minimum absolute atomic E-state index is 0.424. The molecule has 1 saturated heterocycles. The Morgan fingerprint density at radius 1 is 1.35 bits per heavy atom. The van der Waals surface area contributed by atoms with Gasteiger partial charge in [-0.05, 0) is 49.4 Å². The van der Waals surface area contributed by atoms with Crippen molar-refractivity contribution < 1.29 is 8.42 Å². The third-order valence-corrected chi connectivity index (χ3v) is 6.22. The van der Waals surface area contributed by atoms with E-state index in [9.17, 15) is 8.42 Å². The van der Waals surface area contributed by atoms with Crippen molar-refractivity contribution in [1.29, 1.82) is 0 Å². The zero-order valence-corrected chi connectivity index (χ0v) is 13.1. The Bertz CT molecular complexity index is 575. The van der Waals surface area contributed by atoms with Gasteiger partial charge in [0.25, 0.3) is 0 Å². The largest absolute Gasteiger partial charge is 0.324 e. The highest BCUT2D eigenvalue weighted by atomic mass is 32.2. The van der Waals surface area contributed by atoms with E-state index in [-0.39, 0.29) is 0 Å². The summed E-state index contributed by atoms with van der Waals surface area (Å²) < 4.78 is 27.2. The van der Waals surface area contributed by atoms with E-state index in [0.29, 0.717) is 23.9 Å². The second-order valence-electron chi connectivity index (χ2n) is 5.51. The molecule has 0 radical (unpaired) electrons. The number of nitrogens with zero attached hydrogens (tertiary/aromatic N) is 1. The van der Waals surface area contributed by atoms with Crippen molar-refractivity contribution in [2.75, 3.05) is 18.5 Å². The Kier molecular flexibility index (Phi) is 4.36. The van der Waals surface area contributed by atoms with Crippen molar-refractivity contribution in [3.05, 3.63) is 23.3 Å². The van der Waals surface area contributed by atoms with Gasteiger partial charge in [-0.25, -0.2) is 8.42 Å². The Labute approximate surface area is 121 Å². The van der Waals surface area contributed by atoms with Gasteiger partial charge >= 0.3 is 0 Å². The molecule has 2 rings (SSSR count). The molecule has 6 heteroatoms. The molecule has 112 valence electrons. The lowest BCUT2D eigenvalue weighted by atomic mass is 10.1. The number of nitrogens with two attached hydrogens (primary N) is 1. The predicted octanol–water partition coefficient (Wildman–Crippen LogP) is 2.01. The van der Waals surface area contributed by atoms with Crippen LogP contribution in [0.2, 0.25) is 0 Å². The summed E-state index contributed by atoms with van der Waals surface area (Å²) in [5.74, 6) is 5.88. The molecule has 1 heterocycles. The fraction of sp³-hybridized carbons (Fsp3) is 0.571. The highest BCUT2D eigenvalue weighted by Crippen LogP contribution is 2.31. The van der Waals surface area contributed by atoms with E-state index in [1.54, 1.807) is 16.4 Å². The van der Waals surface area contributed by atoms with Gasteiger partial charge in [0.2, 0.25) is 10.0 Å². The van der Waals surface area contributed by atoms with Crippen LogP contribution in [0.5, 0.6) is 0 Å². The molecule has 0 saturated carbocycles. The van der Waals surface area contributed by atoms with Gasteiger partial charge in [0.05, 0.1) is 4.90 Å². The van der Waals surface area contributed by atoms with Crippen LogP contribution in [0.1, 0.15) is 30.9 Å². The van der Waals surface area contributed by atoms with Gasteiger partial charge in [-0.15, -0.1) is 0 Å². The molecule has 1 unspecified atom stereocenters. The first-order valence-electron chi connectivity index (χ1n) is 6.98. The van der Waals surface area contributed by atoms with Gasteiger partial charge in [-0.1, -0.05) is 13.3 Å². The van der Waals surface area contributed by atoms with Crippen LogP contribution in [0, 0.1) is 19.8 Å². The number of rotatable bonds is 4. The smallest absolute Gasteiger partial charge is 0.243 e. The van der Waals surface area contributed by atoms with Crippen LogP contribution in [-0.4, -0.2) is 25.8 Å². The van der Waals surface area contributed by atoms with Gasteiger partial charge in [0.1, 0.15) is 0 Å². The van der Waals surface area contributed by atoms with Gasteiger partial charge in [0, 0.05) is 18.8 Å². The van der Waals surface area contributed by atoms with Gasteiger partial charge in [-0.2, -0.15) is 4.31 Å². The van der Waals surface area contributed by atoms with Crippen LogP contribution in [0.15, 0.2) is 17.0 Å². The number of hydrogen-bond donors (Lipinski definition) is 2. The lowest BCUT2D eigenvalue weighted by Crippen LogP contribution is -2.30. The minimum atomic E-state index is -3.40. The maximum atomic E-state index is 12.8. The molecule has 20 heavy (non-hydrogen) atoms. The fourth-order valence-electron chi connectivity index (χ4n) is 2.92. The zero-order valence-electron chi connectivity index (χ0n) is 12.3. The molecule has 0 aromatic heterocycles. The van der Waals surface area contributed by atoms with Crippen molar-refractivity contribution in [3.8, 4) is 0 Å². The molecule has 3 N–H and O–H groups in total. The predicted molar refractivity (Wildman–Crippen MR) is 80.9 cm³/mol. The molecule has 1 aromatic carbocycles. The normalized spacial score (nSPS) is 20.3. The summed E-state index contributed by atoms with van der Waals surface area (Å²) in [4.78, 5) is 0.424. The average molecular weight is 297 g/mol. The van der Waals surface area contributed by atoms with E-state index >= 15 is 0 Å². The van der Waals surface area contributed by atoms with E-state index < -0.39 is 10.0 Å². The molecule has 1 aliphatic heterocycles. The number of sulfonamides is 1. The van der Waals surface area contributed by atoms with Crippen LogP contribution >= 0.6 is 0 Å². The van der Waals surface area contributed by atoms with Crippen molar-refractivity contribution in [2.45, 2.75) is 38.5 Å². The SMILES string of the molecule is CCC1CCN(S(=O)(=O)c2c(C)cc(NN)cc2C)C1. The third-order valence-electron chi connectivity index (χ3n) is 4.05. The zero-order chi connectivity index (χ0) is 14.9. The minimum Gasteiger partial charge on any atom is -0.324 e. The molecular formula is C14H23N3O2S. The van der Waals surface area contributed by atoms with E-state index in [1.165, 1.54) is 0 Å². The molecule has 0 bridgehead atoms. The number of anilines is 1. The first kappa shape index (κ1) is 15.3. The number of aryl methyl sites for hydroxylation is 2. The number of hydrogen-bond acceptors (Lipinski definition) is 4. The average Bonchev–Trinajstić information content (AvgIpc) is 2.86. The topological polar surface area (TPSA) is 75.4 Å². The Morgan fingerprint density at radius 3 is 2.40 bits per heavy atom. The van der Waals surface area contributed by atoms with Gasteiger partial charge < -0.3 is 5.43 Å². The number of hydrazine groups is 1. The standard InChI is InChI=1S/C14H23N3O2S/c1-4-12-5-6-17(9-12)20(18,19)14-10(2)7-13(16-15)8-11(14)3/h7-8,12,16H,4-6,9,15H2,1-3H3. The van der Waals surface area contributed by atoms with E-state index in [2.05, 4.69) is 12.3 Å². The highest BCUT2D eigenvalue weighted by Gasteiger charge is 2.33. The summed E-state index contributed by atoms with van der Waals surface area (Å²) in [6.07, 6.45) is 1.98. The lowest BCUT2D eigenvalue weighted by molar-refractivity contribution is 0.452. The summed E-state index contributed by atoms with van der Waals surface area (Å²) in [7, 11) is -3.40. The van der Waals surface area contributed by atoms with Crippen LogP contribution in [0.25, 0.3) is 0 Å². The lowest BCUT2D eigenvalue weighted by Gasteiger charge is -2.20. The van der Waals surface area contributed by atoms with Crippen LogP contribution in [-0.2, 0) is 10.0 Å². The fourth-order valence-corrected chi connectivity index (χ4v) is 4.86. The second kappa shape index (κ2) is 5.71. The molecule has 0 aliphatic carbocycles. The summed E-state index contributed by atoms with van der Waals surface area (Å²) in [5, 5.41) is 0. The molecule has 0 spiro atoms. The molecule has 1 aliphatic rings. The summed E-state index contributed by atoms with van der Waals surface area (Å²) in [6.45, 7) is 6.99. The first-order valence-corrected chi connectivity index (χ1v) is 8.42. The van der Waals surface area contributed by atoms with E-state index in [0.717, 1.165) is 29.7 Å². The molecule has 0 amide bonds. The molecule has 5 nitrogen and oxygen atoms in total. The van der Waals surface area contributed by atoms with E-state index in [4.69, 9.17) is 5.84 Å². The van der Waals surface area contributed by atoms with Crippen LogP contribution in [0.4, 0.5) is 5.69 Å². The Morgan fingerprint density at radius 2 is 1.95 bits per heavy atom. The van der Waals surface area contributed by atoms with Gasteiger partial charge in [0.15, 0.2) is 0 Å². The number of nitrogen functional groups attached to an aromatic ring is 1. The number of nitrogens with one attached hydrogen (secondary N) is 1. The summed E-state index contributed by atoms with van der Waals surface area (Å²) in [6, 6.07) is 3.54. The Balaban J connectivity index is 2.40. The first-order chi connectivity index (χ1) is 9.40. The Hall–Kier alpha value is -1.11.